The summed E-state index contributed by atoms with van der Waals surface area (Å²) in [6, 6.07) is 16.6. The lowest BCUT2D eigenvalue weighted by Crippen LogP contribution is -2.42. The first-order valence-electron chi connectivity index (χ1n) is 11.0. The summed E-state index contributed by atoms with van der Waals surface area (Å²) in [5.74, 6) is -2.13. The van der Waals surface area contributed by atoms with Gasteiger partial charge >= 0.3 is 0 Å². The number of nitrogens with zero attached hydrogens (tertiary/aromatic N) is 2. The Morgan fingerprint density at radius 2 is 1.69 bits per heavy atom. The van der Waals surface area contributed by atoms with Gasteiger partial charge in [-0.2, -0.15) is 0 Å². The molecule has 0 radical (unpaired) electrons. The molecule has 186 valence electrons. The molecule has 2 N–H and O–H groups in total. The van der Waals surface area contributed by atoms with E-state index in [1.54, 1.807) is 25.1 Å². The fraction of sp³-hybridized carbons (Fsp3) is 0.192. The van der Waals surface area contributed by atoms with Crippen LogP contribution in [0.25, 0.3) is 0 Å². The zero-order valence-electron chi connectivity index (χ0n) is 19.8. The third-order valence-electron chi connectivity index (χ3n) is 5.31. The Labute approximate surface area is 207 Å². The van der Waals surface area contributed by atoms with Crippen molar-refractivity contribution in [2.75, 3.05) is 18.4 Å². The lowest BCUT2D eigenvalue weighted by molar-refractivity contribution is -0.385. The number of halogens is 1. The van der Waals surface area contributed by atoms with Gasteiger partial charge in [0.05, 0.1) is 11.5 Å². The van der Waals surface area contributed by atoms with Crippen LogP contribution in [-0.2, 0) is 16.1 Å². The first kappa shape index (κ1) is 26.0. The van der Waals surface area contributed by atoms with Gasteiger partial charge in [0, 0.05) is 29.4 Å². The molecule has 3 amide bonds. The van der Waals surface area contributed by atoms with Crippen LogP contribution >= 0.6 is 0 Å². The Hall–Kier alpha value is -4.60. The third-order valence-corrected chi connectivity index (χ3v) is 5.31. The van der Waals surface area contributed by atoms with Crippen molar-refractivity contribution in [1.82, 2.24) is 10.2 Å². The topological polar surface area (TPSA) is 122 Å². The van der Waals surface area contributed by atoms with Gasteiger partial charge in [0.15, 0.2) is 0 Å². The molecule has 0 aromatic heterocycles. The predicted octanol–water partition coefficient (Wildman–Crippen LogP) is 3.75. The Morgan fingerprint density at radius 3 is 2.36 bits per heavy atom. The van der Waals surface area contributed by atoms with Gasteiger partial charge in [-0.05, 0) is 55.3 Å². The molecule has 0 spiro atoms. The minimum absolute atomic E-state index is 0.0272. The van der Waals surface area contributed by atoms with E-state index in [1.165, 1.54) is 41.3 Å². The number of anilines is 1. The van der Waals surface area contributed by atoms with E-state index in [4.69, 9.17) is 0 Å². The summed E-state index contributed by atoms with van der Waals surface area (Å²) in [5.41, 5.74) is 2.29. The van der Waals surface area contributed by atoms with Crippen molar-refractivity contribution in [1.29, 1.82) is 0 Å². The minimum Gasteiger partial charge on any atom is -0.345 e. The summed E-state index contributed by atoms with van der Waals surface area (Å²) in [6.45, 7) is 2.64. The molecule has 9 nitrogen and oxygen atoms in total. The van der Waals surface area contributed by atoms with Gasteiger partial charge < -0.3 is 15.5 Å². The van der Waals surface area contributed by atoms with E-state index in [2.05, 4.69) is 10.6 Å². The normalized spacial score (nSPS) is 10.4. The summed E-state index contributed by atoms with van der Waals surface area (Å²) >= 11 is 0. The van der Waals surface area contributed by atoms with Crippen LogP contribution in [0.15, 0.2) is 66.7 Å². The highest BCUT2D eigenvalue weighted by Crippen LogP contribution is 2.21. The largest absolute Gasteiger partial charge is 0.345 e. The Morgan fingerprint density at radius 1 is 0.972 bits per heavy atom. The molecule has 0 saturated heterocycles. The van der Waals surface area contributed by atoms with E-state index in [-0.39, 0.29) is 24.3 Å². The number of nitro groups is 1. The monoisotopic (exact) mass is 492 g/mol. The molecule has 0 bridgehead atoms. The van der Waals surface area contributed by atoms with E-state index in [0.717, 1.165) is 11.6 Å². The summed E-state index contributed by atoms with van der Waals surface area (Å²) in [6.07, 6.45) is 0. The number of nitrogens with one attached hydrogen (secondary N) is 2. The summed E-state index contributed by atoms with van der Waals surface area (Å²) < 4.78 is 13.3. The number of hydrogen-bond donors (Lipinski definition) is 2. The Bertz CT molecular complexity index is 1290. The van der Waals surface area contributed by atoms with Gasteiger partial charge in [-0.25, -0.2) is 4.39 Å². The molecule has 10 heteroatoms. The lowest BCUT2D eigenvalue weighted by atomic mass is 10.1. The van der Waals surface area contributed by atoms with Crippen molar-refractivity contribution >= 4 is 29.1 Å². The first-order chi connectivity index (χ1) is 17.1. The second kappa shape index (κ2) is 11.7. The van der Waals surface area contributed by atoms with Crippen molar-refractivity contribution in [3.05, 3.63) is 105 Å². The quantitative estimate of drug-likeness (QED) is 0.348. The maximum absolute atomic E-state index is 13.3. The number of benzene rings is 3. The van der Waals surface area contributed by atoms with Gasteiger partial charge in [0.25, 0.3) is 11.6 Å². The highest BCUT2D eigenvalue weighted by molar-refractivity contribution is 5.98. The molecule has 0 atom stereocenters. The Balaban J connectivity index is 1.72. The number of aryl methyl sites for hydroxylation is 2. The molecule has 0 saturated carbocycles. The smallest absolute Gasteiger partial charge is 0.273 e. The zero-order chi connectivity index (χ0) is 26.2. The van der Waals surface area contributed by atoms with Gasteiger partial charge in [-0.15, -0.1) is 0 Å². The van der Waals surface area contributed by atoms with Crippen LogP contribution in [0.3, 0.4) is 0 Å². The molecular weight excluding hydrogens is 467 g/mol. The Kier molecular flexibility index (Phi) is 8.45. The van der Waals surface area contributed by atoms with E-state index in [9.17, 15) is 28.9 Å². The zero-order valence-corrected chi connectivity index (χ0v) is 19.8. The van der Waals surface area contributed by atoms with Crippen LogP contribution < -0.4 is 10.6 Å². The summed E-state index contributed by atoms with van der Waals surface area (Å²) in [5, 5.41) is 16.5. The maximum atomic E-state index is 13.3. The average Bonchev–Trinajstić information content (AvgIpc) is 2.83. The van der Waals surface area contributed by atoms with E-state index < -0.39 is 35.0 Å². The molecule has 3 aromatic carbocycles. The van der Waals surface area contributed by atoms with Crippen LogP contribution in [-0.4, -0.2) is 40.6 Å². The van der Waals surface area contributed by atoms with Gasteiger partial charge in [-0.3, -0.25) is 24.5 Å². The molecule has 3 rings (SSSR count). The molecule has 0 aliphatic rings. The molecule has 0 aliphatic carbocycles. The van der Waals surface area contributed by atoms with Crippen molar-refractivity contribution in [3.8, 4) is 0 Å². The number of nitro benzene ring substituents is 1. The second-order valence-corrected chi connectivity index (χ2v) is 8.24. The molecule has 0 fully saturated rings. The van der Waals surface area contributed by atoms with Crippen molar-refractivity contribution in [2.45, 2.75) is 20.4 Å². The van der Waals surface area contributed by atoms with Gasteiger partial charge in [0.1, 0.15) is 12.4 Å². The molecule has 0 aliphatic heterocycles. The number of rotatable bonds is 9. The fourth-order valence-corrected chi connectivity index (χ4v) is 3.47. The molecular formula is C26H25FN4O5. The van der Waals surface area contributed by atoms with Crippen molar-refractivity contribution in [2.24, 2.45) is 0 Å². The van der Waals surface area contributed by atoms with Gasteiger partial charge in [0.2, 0.25) is 11.8 Å². The predicted molar refractivity (Wildman–Crippen MR) is 132 cm³/mol. The highest BCUT2D eigenvalue weighted by atomic mass is 19.1. The van der Waals surface area contributed by atoms with Gasteiger partial charge in [-0.1, -0.05) is 30.3 Å². The lowest BCUT2D eigenvalue weighted by Gasteiger charge is -2.22. The second-order valence-electron chi connectivity index (χ2n) is 8.24. The van der Waals surface area contributed by atoms with E-state index >= 15 is 0 Å². The van der Waals surface area contributed by atoms with Crippen molar-refractivity contribution < 1.29 is 23.7 Å². The van der Waals surface area contributed by atoms with E-state index in [0.29, 0.717) is 16.8 Å². The number of carbonyl (C=O) groups excluding carboxylic acids is 3. The van der Waals surface area contributed by atoms with Crippen LogP contribution in [0.5, 0.6) is 0 Å². The highest BCUT2D eigenvalue weighted by Gasteiger charge is 2.22. The molecule has 0 unspecified atom stereocenters. The summed E-state index contributed by atoms with van der Waals surface area (Å²) in [4.78, 5) is 50.0. The molecule has 0 heterocycles. The number of hydrogen-bond acceptors (Lipinski definition) is 5. The number of amides is 3. The van der Waals surface area contributed by atoms with Crippen LogP contribution in [0.4, 0.5) is 15.8 Å². The third kappa shape index (κ3) is 7.20. The SMILES string of the molecule is Cc1cccc(NC(=O)CNC(=O)CN(Cc2ccc(F)cc2)C(=O)c2ccc(C)c([N+](=O)[O-])c2)c1. The average molecular weight is 493 g/mol. The van der Waals surface area contributed by atoms with Crippen molar-refractivity contribution in [3.63, 3.8) is 0 Å². The van der Waals surface area contributed by atoms with E-state index in [1.807, 2.05) is 13.0 Å². The molecule has 3 aromatic rings. The number of carbonyl (C=O) groups is 3. The molecule has 36 heavy (non-hydrogen) atoms. The van der Waals surface area contributed by atoms with Crippen LogP contribution in [0.2, 0.25) is 0 Å². The summed E-state index contributed by atoms with van der Waals surface area (Å²) in [7, 11) is 0. The first-order valence-corrected chi connectivity index (χ1v) is 11.0. The fourth-order valence-electron chi connectivity index (χ4n) is 3.47. The minimum atomic E-state index is -0.623. The van der Waals surface area contributed by atoms with Crippen LogP contribution in [0.1, 0.15) is 27.0 Å². The standard InChI is InChI=1S/C26H25FN4O5/c1-17-4-3-5-22(12-17)29-24(32)14-28-25(33)16-30(15-19-7-10-21(27)11-8-19)26(34)20-9-6-18(2)23(13-20)31(35)36/h3-13H,14-16H2,1-2H3,(H,28,33)(H,29,32). The van der Waals surface area contributed by atoms with Crippen LogP contribution in [0, 0.1) is 29.8 Å². The maximum Gasteiger partial charge on any atom is 0.273 e.